The molecule has 0 aromatic carbocycles. The molecule has 0 aliphatic carbocycles. The van der Waals surface area contributed by atoms with Crippen molar-refractivity contribution in [3.63, 3.8) is 0 Å². The zero-order chi connectivity index (χ0) is 13.3. The van der Waals surface area contributed by atoms with Crippen LogP contribution in [0.15, 0.2) is 12.2 Å². The molecule has 2 radical (unpaired) electrons. The van der Waals surface area contributed by atoms with Crippen LogP contribution in [0, 0.1) is 13.8 Å². The molecule has 0 saturated carbocycles. The van der Waals surface area contributed by atoms with Crippen LogP contribution < -0.4 is 0 Å². The van der Waals surface area contributed by atoms with Crippen LogP contribution in [0.1, 0.15) is 89.9 Å². The summed E-state index contributed by atoms with van der Waals surface area (Å²) in [5, 5.41) is 0. The summed E-state index contributed by atoms with van der Waals surface area (Å²) < 4.78 is 0. The minimum Gasteiger partial charge on any atom is -0.0885 e. The van der Waals surface area contributed by atoms with Gasteiger partial charge in [0, 0.05) is 0 Å². The highest BCUT2D eigenvalue weighted by atomic mass is 14.0. The summed E-state index contributed by atoms with van der Waals surface area (Å²) in [4.78, 5) is 0. The van der Waals surface area contributed by atoms with Gasteiger partial charge in [0.15, 0.2) is 0 Å². The second-order valence-electron chi connectivity index (χ2n) is 5.29. The van der Waals surface area contributed by atoms with Gasteiger partial charge >= 0.3 is 0 Å². The van der Waals surface area contributed by atoms with Crippen LogP contribution in [0.3, 0.4) is 0 Å². The summed E-state index contributed by atoms with van der Waals surface area (Å²) in [6.07, 6.45) is 23.3. The van der Waals surface area contributed by atoms with Gasteiger partial charge in [-0.25, -0.2) is 0 Å². The molecule has 18 heavy (non-hydrogen) atoms. The number of allylic oxidation sites excluding steroid dienone is 2. The third-order valence-corrected chi connectivity index (χ3v) is 3.41. The molecule has 0 amide bonds. The zero-order valence-electron chi connectivity index (χ0n) is 12.5. The van der Waals surface area contributed by atoms with Gasteiger partial charge in [0.1, 0.15) is 0 Å². The number of unbranched alkanes of at least 4 members (excludes halogenated alkanes) is 12. The lowest BCUT2D eigenvalue weighted by atomic mass is 10.1. The highest BCUT2D eigenvalue weighted by Gasteiger charge is 1.90. The number of rotatable bonds is 14. The van der Waals surface area contributed by atoms with Crippen molar-refractivity contribution >= 4 is 0 Å². The van der Waals surface area contributed by atoms with E-state index in [0.29, 0.717) is 0 Å². The lowest BCUT2D eigenvalue weighted by Gasteiger charge is -1.99. The maximum atomic E-state index is 3.87. The quantitative estimate of drug-likeness (QED) is 0.238. The molecule has 0 unspecified atom stereocenters. The lowest BCUT2D eigenvalue weighted by Crippen LogP contribution is -1.80. The van der Waals surface area contributed by atoms with Crippen molar-refractivity contribution in [2.75, 3.05) is 0 Å². The van der Waals surface area contributed by atoms with Crippen LogP contribution in [0.25, 0.3) is 0 Å². The molecule has 0 aromatic rings. The van der Waals surface area contributed by atoms with Crippen molar-refractivity contribution in [1.29, 1.82) is 0 Å². The van der Waals surface area contributed by atoms with Crippen LogP contribution in [-0.2, 0) is 0 Å². The fraction of sp³-hybridized carbons (Fsp3) is 0.778. The molecule has 0 spiro atoms. The molecule has 0 aliphatic heterocycles. The van der Waals surface area contributed by atoms with Gasteiger partial charge in [0.2, 0.25) is 0 Å². The Morgan fingerprint density at radius 3 is 1.22 bits per heavy atom. The first kappa shape index (κ1) is 17.7. The highest BCUT2D eigenvalue weighted by molar-refractivity contribution is 4.81. The van der Waals surface area contributed by atoms with E-state index in [4.69, 9.17) is 0 Å². The molecule has 0 bridgehead atoms. The van der Waals surface area contributed by atoms with Crippen molar-refractivity contribution in [1.82, 2.24) is 0 Å². The van der Waals surface area contributed by atoms with Gasteiger partial charge in [-0.05, 0) is 25.7 Å². The molecule has 0 heteroatoms. The first-order valence-corrected chi connectivity index (χ1v) is 8.15. The maximum absolute atomic E-state index is 3.87. The first-order valence-electron chi connectivity index (χ1n) is 8.15. The minimum absolute atomic E-state index is 1.10. The second kappa shape index (κ2) is 16.7. The van der Waals surface area contributed by atoms with Crippen LogP contribution in [0.5, 0.6) is 0 Å². The Morgan fingerprint density at radius 1 is 0.444 bits per heavy atom. The van der Waals surface area contributed by atoms with E-state index in [1.807, 2.05) is 0 Å². The monoisotopic (exact) mass is 250 g/mol. The number of hydrogen-bond acceptors (Lipinski definition) is 0. The van der Waals surface area contributed by atoms with Gasteiger partial charge in [0.25, 0.3) is 0 Å². The molecular formula is C18H34. The Morgan fingerprint density at radius 2 is 0.778 bits per heavy atom. The fourth-order valence-electron chi connectivity index (χ4n) is 2.17. The van der Waals surface area contributed by atoms with Gasteiger partial charge in [-0.15, -0.1) is 0 Å². The predicted octanol–water partition coefficient (Wildman–Crippen LogP) is 6.67. The summed E-state index contributed by atoms with van der Waals surface area (Å²) >= 11 is 0. The average molecular weight is 250 g/mol. The summed E-state index contributed by atoms with van der Waals surface area (Å²) in [5.41, 5.74) is 0. The normalized spacial score (nSPS) is 11.4. The molecular weight excluding hydrogens is 216 g/mol. The largest absolute Gasteiger partial charge is 0.0885 e. The Bertz CT molecular complexity index is 157. The number of hydrogen-bond donors (Lipinski definition) is 0. The molecule has 0 atom stereocenters. The maximum Gasteiger partial charge on any atom is -0.0351 e. The van der Waals surface area contributed by atoms with Gasteiger partial charge in [-0.1, -0.05) is 90.2 Å². The predicted molar refractivity (Wildman–Crippen MR) is 84.5 cm³/mol. The minimum atomic E-state index is 1.10. The van der Waals surface area contributed by atoms with Crippen molar-refractivity contribution in [3.8, 4) is 0 Å². The average Bonchev–Trinajstić information content (AvgIpc) is 2.39. The molecule has 0 N–H and O–H groups in total. The van der Waals surface area contributed by atoms with Crippen molar-refractivity contribution in [3.05, 3.63) is 26.0 Å². The summed E-state index contributed by atoms with van der Waals surface area (Å²) in [5.74, 6) is 0. The molecule has 0 aromatic heterocycles. The standard InChI is InChI=1S/C18H34/c1-3-5-7-9-11-13-15-17-18-16-14-12-10-8-6-4-2/h13,15H,1-12,14,16-18H2/b15-13+. The van der Waals surface area contributed by atoms with Gasteiger partial charge in [0.05, 0.1) is 0 Å². The van der Waals surface area contributed by atoms with E-state index in [2.05, 4.69) is 26.0 Å². The van der Waals surface area contributed by atoms with Crippen LogP contribution in [0.2, 0.25) is 0 Å². The molecule has 0 heterocycles. The van der Waals surface area contributed by atoms with Gasteiger partial charge in [-0.3, -0.25) is 0 Å². The zero-order valence-corrected chi connectivity index (χ0v) is 12.5. The Balaban J connectivity index is 2.99. The van der Waals surface area contributed by atoms with E-state index >= 15 is 0 Å². The smallest absolute Gasteiger partial charge is 0.0351 e. The van der Waals surface area contributed by atoms with E-state index in [-0.39, 0.29) is 0 Å². The Kier molecular flexibility index (Phi) is 16.5. The first-order chi connectivity index (χ1) is 8.91. The van der Waals surface area contributed by atoms with E-state index in [9.17, 15) is 0 Å². The Hall–Kier alpha value is -0.260. The molecule has 0 aliphatic rings. The van der Waals surface area contributed by atoms with Crippen molar-refractivity contribution in [2.24, 2.45) is 0 Å². The van der Waals surface area contributed by atoms with Crippen molar-refractivity contribution in [2.45, 2.75) is 89.9 Å². The topological polar surface area (TPSA) is 0 Å². The molecule has 0 saturated heterocycles. The van der Waals surface area contributed by atoms with Crippen LogP contribution in [0.4, 0.5) is 0 Å². The summed E-state index contributed by atoms with van der Waals surface area (Å²) in [7, 11) is 0. The summed E-state index contributed by atoms with van der Waals surface area (Å²) in [6, 6.07) is 0. The van der Waals surface area contributed by atoms with Gasteiger partial charge < -0.3 is 0 Å². The van der Waals surface area contributed by atoms with E-state index < -0.39 is 0 Å². The molecule has 0 nitrogen and oxygen atoms in total. The second-order valence-corrected chi connectivity index (χ2v) is 5.29. The Labute approximate surface area is 116 Å². The SMILES string of the molecule is [CH2]CCCCC/C=C/CCCCCCCCC[CH2]. The third kappa shape index (κ3) is 15.7. The lowest BCUT2D eigenvalue weighted by molar-refractivity contribution is 0.583. The highest BCUT2D eigenvalue weighted by Crippen LogP contribution is 2.10. The van der Waals surface area contributed by atoms with Crippen LogP contribution >= 0.6 is 0 Å². The van der Waals surface area contributed by atoms with E-state index in [1.165, 1.54) is 77.0 Å². The third-order valence-electron chi connectivity index (χ3n) is 3.41. The molecule has 0 rings (SSSR count). The van der Waals surface area contributed by atoms with E-state index in [1.54, 1.807) is 0 Å². The molecule has 106 valence electrons. The van der Waals surface area contributed by atoms with E-state index in [0.717, 1.165) is 12.8 Å². The molecule has 0 fully saturated rings. The summed E-state index contributed by atoms with van der Waals surface area (Å²) in [6.45, 7) is 7.74. The fourth-order valence-corrected chi connectivity index (χ4v) is 2.17. The van der Waals surface area contributed by atoms with Crippen molar-refractivity contribution < 1.29 is 0 Å². The van der Waals surface area contributed by atoms with Gasteiger partial charge in [-0.2, -0.15) is 0 Å². The van der Waals surface area contributed by atoms with Crippen LogP contribution in [-0.4, -0.2) is 0 Å².